The van der Waals surface area contributed by atoms with E-state index in [0.29, 0.717) is 6.04 Å². The lowest BCUT2D eigenvalue weighted by Crippen LogP contribution is -2.30. The molecule has 0 spiro atoms. The number of likely N-dealkylation sites (N-methyl/N-ethyl adjacent to an activating group) is 2. The summed E-state index contributed by atoms with van der Waals surface area (Å²) in [5.41, 5.74) is 2.77. The van der Waals surface area contributed by atoms with Crippen LogP contribution in [0, 0.1) is 0 Å². The highest BCUT2D eigenvalue weighted by Gasteiger charge is 2.14. The van der Waals surface area contributed by atoms with Gasteiger partial charge in [0.25, 0.3) is 0 Å². The van der Waals surface area contributed by atoms with E-state index < -0.39 is 0 Å². The van der Waals surface area contributed by atoms with Crippen molar-refractivity contribution in [3.8, 4) is 0 Å². The van der Waals surface area contributed by atoms with Gasteiger partial charge in [0.1, 0.15) is 0 Å². The highest BCUT2D eigenvalue weighted by molar-refractivity contribution is 5.54. The van der Waals surface area contributed by atoms with Crippen molar-refractivity contribution in [1.82, 2.24) is 10.2 Å². The molecule has 3 heteroatoms. The Hall–Kier alpha value is -1.06. The Morgan fingerprint density at radius 3 is 2.35 bits per heavy atom. The van der Waals surface area contributed by atoms with Crippen molar-refractivity contribution >= 4 is 5.69 Å². The van der Waals surface area contributed by atoms with Crippen LogP contribution in [0.5, 0.6) is 0 Å². The molecule has 0 aliphatic rings. The van der Waals surface area contributed by atoms with E-state index in [1.54, 1.807) is 0 Å². The van der Waals surface area contributed by atoms with E-state index in [-0.39, 0.29) is 0 Å². The van der Waals surface area contributed by atoms with Crippen LogP contribution in [0.2, 0.25) is 0 Å². The quantitative estimate of drug-likeness (QED) is 0.748. The molecule has 1 N–H and O–H groups in total. The third-order valence-corrected chi connectivity index (χ3v) is 3.66. The Morgan fingerprint density at radius 2 is 1.75 bits per heavy atom. The van der Waals surface area contributed by atoms with Gasteiger partial charge >= 0.3 is 0 Å². The van der Waals surface area contributed by atoms with Crippen molar-refractivity contribution in [2.45, 2.75) is 32.7 Å². The van der Waals surface area contributed by atoms with Crippen molar-refractivity contribution in [3.05, 3.63) is 29.8 Å². The van der Waals surface area contributed by atoms with Gasteiger partial charge in [0, 0.05) is 31.9 Å². The first-order chi connectivity index (χ1) is 9.60. The average molecular weight is 277 g/mol. The summed E-state index contributed by atoms with van der Waals surface area (Å²) >= 11 is 0. The van der Waals surface area contributed by atoms with Crippen LogP contribution in [0.15, 0.2) is 24.3 Å². The molecule has 0 saturated heterocycles. The first kappa shape index (κ1) is 17.0. The maximum Gasteiger partial charge on any atom is 0.0412 e. The van der Waals surface area contributed by atoms with Crippen molar-refractivity contribution in [1.29, 1.82) is 0 Å². The maximum atomic E-state index is 3.66. The number of hydrogen-bond donors (Lipinski definition) is 1. The molecule has 114 valence electrons. The van der Waals surface area contributed by atoms with E-state index in [2.05, 4.69) is 74.4 Å². The summed E-state index contributed by atoms with van der Waals surface area (Å²) in [5.74, 6) is 0. The molecule has 1 atom stereocenters. The summed E-state index contributed by atoms with van der Waals surface area (Å²) in [5, 5.41) is 3.66. The second kappa shape index (κ2) is 8.98. The number of benzene rings is 1. The van der Waals surface area contributed by atoms with Crippen molar-refractivity contribution in [2.24, 2.45) is 0 Å². The second-order valence-corrected chi connectivity index (χ2v) is 5.70. The van der Waals surface area contributed by atoms with Gasteiger partial charge in [0.2, 0.25) is 0 Å². The van der Waals surface area contributed by atoms with Crippen LogP contribution in [-0.4, -0.2) is 45.7 Å². The zero-order valence-corrected chi connectivity index (χ0v) is 13.8. The normalized spacial score (nSPS) is 12.7. The highest BCUT2D eigenvalue weighted by atomic mass is 15.2. The van der Waals surface area contributed by atoms with E-state index in [9.17, 15) is 0 Å². The Morgan fingerprint density at radius 1 is 1.05 bits per heavy atom. The van der Waals surface area contributed by atoms with E-state index in [4.69, 9.17) is 0 Å². The molecule has 1 aromatic carbocycles. The Balaban J connectivity index is 2.85. The largest absolute Gasteiger partial charge is 0.373 e. The van der Waals surface area contributed by atoms with E-state index in [1.165, 1.54) is 17.7 Å². The number of anilines is 1. The molecule has 3 nitrogen and oxygen atoms in total. The Bertz CT molecular complexity index is 376. The molecule has 1 aromatic rings. The van der Waals surface area contributed by atoms with Crippen molar-refractivity contribution in [2.75, 3.05) is 45.7 Å². The van der Waals surface area contributed by atoms with Gasteiger partial charge in [-0.1, -0.05) is 32.0 Å². The zero-order valence-electron chi connectivity index (χ0n) is 13.8. The van der Waals surface area contributed by atoms with Gasteiger partial charge in [0.15, 0.2) is 0 Å². The van der Waals surface area contributed by atoms with Crippen LogP contribution in [0.4, 0.5) is 5.69 Å². The standard InChI is InChI=1S/C17H31N3/c1-6-12-18-16(7-2)15-10-8-9-11-17(15)20(5)14-13-19(3)4/h8-11,16,18H,6-7,12-14H2,1-5H3. The SMILES string of the molecule is CCCNC(CC)c1ccccc1N(C)CCN(C)C. The summed E-state index contributed by atoms with van der Waals surface area (Å²) in [4.78, 5) is 4.59. The molecule has 0 bridgehead atoms. The zero-order chi connectivity index (χ0) is 15.0. The fraction of sp³-hybridized carbons (Fsp3) is 0.647. The number of rotatable bonds is 9. The van der Waals surface area contributed by atoms with Crippen LogP contribution in [0.25, 0.3) is 0 Å². The first-order valence-corrected chi connectivity index (χ1v) is 7.78. The minimum Gasteiger partial charge on any atom is -0.373 e. The van der Waals surface area contributed by atoms with Crippen molar-refractivity contribution in [3.63, 3.8) is 0 Å². The minimum absolute atomic E-state index is 0.452. The molecule has 1 rings (SSSR count). The van der Waals surface area contributed by atoms with Crippen LogP contribution >= 0.6 is 0 Å². The van der Waals surface area contributed by atoms with Gasteiger partial charge in [-0.15, -0.1) is 0 Å². The second-order valence-electron chi connectivity index (χ2n) is 5.70. The first-order valence-electron chi connectivity index (χ1n) is 7.78. The van der Waals surface area contributed by atoms with Gasteiger partial charge in [-0.3, -0.25) is 0 Å². The van der Waals surface area contributed by atoms with Gasteiger partial charge in [-0.2, -0.15) is 0 Å². The summed E-state index contributed by atoms with van der Waals surface area (Å²) in [6, 6.07) is 9.24. The van der Waals surface area contributed by atoms with Crippen LogP contribution < -0.4 is 10.2 Å². The number of hydrogen-bond acceptors (Lipinski definition) is 3. The predicted molar refractivity (Wildman–Crippen MR) is 89.6 cm³/mol. The monoisotopic (exact) mass is 277 g/mol. The van der Waals surface area contributed by atoms with Crippen LogP contribution in [0.1, 0.15) is 38.3 Å². The number of nitrogens with zero attached hydrogens (tertiary/aromatic N) is 2. The molecule has 0 saturated carbocycles. The molecule has 0 heterocycles. The fourth-order valence-corrected chi connectivity index (χ4v) is 2.39. The van der Waals surface area contributed by atoms with Crippen LogP contribution in [-0.2, 0) is 0 Å². The number of nitrogens with one attached hydrogen (secondary N) is 1. The lowest BCUT2D eigenvalue weighted by molar-refractivity contribution is 0.416. The lowest BCUT2D eigenvalue weighted by Gasteiger charge is -2.27. The molecule has 0 aromatic heterocycles. The van der Waals surface area contributed by atoms with Gasteiger partial charge < -0.3 is 15.1 Å². The molecule has 0 radical (unpaired) electrons. The third-order valence-electron chi connectivity index (χ3n) is 3.66. The van der Waals surface area contributed by atoms with Gasteiger partial charge in [-0.05, 0) is 45.1 Å². The molecular formula is C17H31N3. The Labute approximate surface area is 125 Å². The molecule has 1 unspecified atom stereocenters. The third kappa shape index (κ3) is 5.14. The topological polar surface area (TPSA) is 18.5 Å². The minimum atomic E-state index is 0.452. The molecule has 0 aliphatic carbocycles. The van der Waals surface area contributed by atoms with E-state index >= 15 is 0 Å². The summed E-state index contributed by atoms with van der Waals surface area (Å²) in [6.45, 7) is 7.67. The average Bonchev–Trinajstić information content (AvgIpc) is 2.46. The smallest absolute Gasteiger partial charge is 0.0412 e. The molecule has 0 aliphatic heterocycles. The van der Waals surface area contributed by atoms with Crippen molar-refractivity contribution < 1.29 is 0 Å². The van der Waals surface area contributed by atoms with Gasteiger partial charge in [-0.25, -0.2) is 0 Å². The molecule has 0 fully saturated rings. The summed E-state index contributed by atoms with van der Waals surface area (Å²) < 4.78 is 0. The molecule has 0 amide bonds. The maximum absolute atomic E-state index is 3.66. The summed E-state index contributed by atoms with van der Waals surface area (Å²) in [6.07, 6.45) is 2.30. The molecular weight excluding hydrogens is 246 g/mol. The van der Waals surface area contributed by atoms with Crippen LogP contribution in [0.3, 0.4) is 0 Å². The van der Waals surface area contributed by atoms with E-state index in [1.807, 2.05) is 0 Å². The van der Waals surface area contributed by atoms with Gasteiger partial charge in [0.05, 0.1) is 0 Å². The number of para-hydroxylation sites is 1. The summed E-state index contributed by atoms with van der Waals surface area (Å²) in [7, 11) is 6.43. The predicted octanol–water partition coefficient (Wildman–Crippen LogP) is 3.14. The van der Waals surface area contributed by atoms with E-state index in [0.717, 1.165) is 26.1 Å². The fourth-order valence-electron chi connectivity index (χ4n) is 2.39. The Kier molecular flexibility index (Phi) is 7.63. The lowest BCUT2D eigenvalue weighted by atomic mass is 10.0. The molecule has 20 heavy (non-hydrogen) atoms. The highest BCUT2D eigenvalue weighted by Crippen LogP contribution is 2.27.